The van der Waals surface area contributed by atoms with Crippen LogP contribution in [0.2, 0.25) is 0 Å². The minimum atomic E-state index is -0.469. The van der Waals surface area contributed by atoms with Gasteiger partial charge in [-0.15, -0.1) is 0 Å². The number of nitro benzene ring substituents is 1. The van der Waals surface area contributed by atoms with Crippen LogP contribution in [0.5, 0.6) is 0 Å². The van der Waals surface area contributed by atoms with Gasteiger partial charge in [-0.25, -0.2) is 0 Å². The minimum Gasteiger partial charge on any atom is -0.339 e. The summed E-state index contributed by atoms with van der Waals surface area (Å²) in [6, 6.07) is 5.74. The van der Waals surface area contributed by atoms with E-state index >= 15 is 0 Å². The third-order valence-corrected chi connectivity index (χ3v) is 2.78. The molecule has 1 rings (SSSR count). The molecule has 1 amide bonds. The second kappa shape index (κ2) is 6.74. The first kappa shape index (κ1) is 14.2. The Morgan fingerprint density at radius 3 is 2.33 bits per heavy atom. The van der Waals surface area contributed by atoms with E-state index in [0.717, 1.165) is 19.4 Å². The molecule has 0 atom stereocenters. The Labute approximate surface area is 107 Å². The summed E-state index contributed by atoms with van der Waals surface area (Å²) < 4.78 is 0. The predicted octanol–water partition coefficient (Wildman–Crippen LogP) is 2.86. The molecule has 0 unspecified atom stereocenters. The van der Waals surface area contributed by atoms with E-state index in [1.165, 1.54) is 24.3 Å². The van der Waals surface area contributed by atoms with Gasteiger partial charge in [-0.05, 0) is 25.5 Å². The fourth-order valence-corrected chi connectivity index (χ4v) is 1.66. The fraction of sp³-hybridized carbons (Fsp3) is 0.462. The molecule has 1 aromatic rings. The van der Waals surface area contributed by atoms with Crippen molar-refractivity contribution in [3.63, 3.8) is 0 Å². The maximum Gasteiger partial charge on any atom is 0.269 e. The van der Waals surface area contributed by atoms with Gasteiger partial charge in [-0.1, -0.05) is 13.3 Å². The average molecular weight is 250 g/mol. The summed E-state index contributed by atoms with van der Waals surface area (Å²) in [6.07, 6.45) is 2.00. The van der Waals surface area contributed by atoms with Gasteiger partial charge < -0.3 is 4.90 Å². The maximum absolute atomic E-state index is 12.1. The number of nitro groups is 1. The van der Waals surface area contributed by atoms with Crippen LogP contribution in [-0.4, -0.2) is 28.8 Å². The van der Waals surface area contributed by atoms with Crippen LogP contribution in [0, 0.1) is 10.1 Å². The standard InChI is InChI=1S/C13H18N2O3/c1-3-5-10-14(4-2)13(16)11-6-8-12(9-7-11)15(17)18/h6-9H,3-5,10H2,1-2H3. The monoisotopic (exact) mass is 250 g/mol. The van der Waals surface area contributed by atoms with Crippen LogP contribution in [0.4, 0.5) is 5.69 Å². The van der Waals surface area contributed by atoms with Crippen LogP contribution < -0.4 is 0 Å². The van der Waals surface area contributed by atoms with Crippen molar-refractivity contribution in [2.75, 3.05) is 13.1 Å². The second-order valence-corrected chi connectivity index (χ2v) is 4.04. The fourth-order valence-electron chi connectivity index (χ4n) is 1.66. The molecule has 5 heteroatoms. The van der Waals surface area contributed by atoms with Crippen LogP contribution in [0.1, 0.15) is 37.0 Å². The van der Waals surface area contributed by atoms with Gasteiger partial charge in [0.05, 0.1) is 4.92 Å². The molecule has 18 heavy (non-hydrogen) atoms. The van der Waals surface area contributed by atoms with Crippen molar-refractivity contribution in [1.29, 1.82) is 0 Å². The number of hydrogen-bond acceptors (Lipinski definition) is 3. The van der Waals surface area contributed by atoms with Gasteiger partial charge in [0.1, 0.15) is 0 Å². The van der Waals surface area contributed by atoms with E-state index in [9.17, 15) is 14.9 Å². The minimum absolute atomic E-state index is 0.00292. The van der Waals surface area contributed by atoms with E-state index < -0.39 is 4.92 Å². The van der Waals surface area contributed by atoms with Gasteiger partial charge in [-0.3, -0.25) is 14.9 Å². The number of unbranched alkanes of at least 4 members (excludes halogenated alkanes) is 1. The number of carbonyl (C=O) groups excluding carboxylic acids is 1. The summed E-state index contributed by atoms with van der Waals surface area (Å²) in [7, 11) is 0. The molecule has 0 N–H and O–H groups in total. The van der Waals surface area contributed by atoms with Gasteiger partial charge in [0.2, 0.25) is 0 Å². The van der Waals surface area contributed by atoms with Crippen LogP contribution in [0.3, 0.4) is 0 Å². The highest BCUT2D eigenvalue weighted by molar-refractivity contribution is 5.94. The molecule has 0 saturated heterocycles. The quantitative estimate of drug-likeness (QED) is 0.576. The molecule has 0 saturated carbocycles. The number of non-ortho nitro benzene ring substituents is 1. The Morgan fingerprint density at radius 1 is 1.28 bits per heavy atom. The summed E-state index contributed by atoms with van der Waals surface area (Å²) in [6.45, 7) is 5.38. The van der Waals surface area contributed by atoms with Crippen LogP contribution >= 0.6 is 0 Å². The highest BCUT2D eigenvalue weighted by Gasteiger charge is 2.14. The Morgan fingerprint density at radius 2 is 1.89 bits per heavy atom. The predicted molar refractivity (Wildman–Crippen MR) is 69.6 cm³/mol. The van der Waals surface area contributed by atoms with Crippen molar-refractivity contribution in [2.24, 2.45) is 0 Å². The lowest BCUT2D eigenvalue weighted by Crippen LogP contribution is -2.31. The average Bonchev–Trinajstić information content (AvgIpc) is 2.39. The zero-order chi connectivity index (χ0) is 13.5. The van der Waals surface area contributed by atoms with E-state index in [4.69, 9.17) is 0 Å². The zero-order valence-corrected chi connectivity index (χ0v) is 10.8. The maximum atomic E-state index is 12.1. The van der Waals surface area contributed by atoms with Gasteiger partial charge in [-0.2, -0.15) is 0 Å². The van der Waals surface area contributed by atoms with Gasteiger partial charge in [0.15, 0.2) is 0 Å². The topological polar surface area (TPSA) is 63.5 Å². The smallest absolute Gasteiger partial charge is 0.269 e. The van der Waals surface area contributed by atoms with Crippen LogP contribution in [0.15, 0.2) is 24.3 Å². The van der Waals surface area contributed by atoms with E-state index in [-0.39, 0.29) is 11.6 Å². The molecule has 0 aliphatic carbocycles. The molecule has 0 aliphatic rings. The molecule has 98 valence electrons. The van der Waals surface area contributed by atoms with Gasteiger partial charge >= 0.3 is 0 Å². The number of hydrogen-bond donors (Lipinski definition) is 0. The second-order valence-electron chi connectivity index (χ2n) is 4.04. The first-order valence-corrected chi connectivity index (χ1v) is 6.13. The molecule has 0 aliphatic heterocycles. The molecule has 5 nitrogen and oxygen atoms in total. The Balaban J connectivity index is 2.78. The Hall–Kier alpha value is -1.91. The zero-order valence-electron chi connectivity index (χ0n) is 10.8. The van der Waals surface area contributed by atoms with Crippen molar-refractivity contribution in [2.45, 2.75) is 26.7 Å². The highest BCUT2D eigenvalue weighted by atomic mass is 16.6. The summed E-state index contributed by atoms with van der Waals surface area (Å²) in [5.74, 6) is -0.0687. The lowest BCUT2D eigenvalue weighted by atomic mass is 10.1. The molecule has 0 fully saturated rings. The van der Waals surface area contributed by atoms with Crippen molar-refractivity contribution >= 4 is 11.6 Å². The largest absolute Gasteiger partial charge is 0.339 e. The summed E-state index contributed by atoms with van der Waals surface area (Å²) in [5, 5.41) is 10.5. The first-order chi connectivity index (χ1) is 8.60. The number of nitrogens with zero attached hydrogens (tertiary/aromatic N) is 2. The van der Waals surface area contributed by atoms with E-state index in [0.29, 0.717) is 12.1 Å². The van der Waals surface area contributed by atoms with Gasteiger partial charge in [0, 0.05) is 30.8 Å². The first-order valence-electron chi connectivity index (χ1n) is 6.13. The molecule has 0 radical (unpaired) electrons. The SMILES string of the molecule is CCCCN(CC)C(=O)c1ccc([N+](=O)[O-])cc1. The third-order valence-electron chi connectivity index (χ3n) is 2.78. The molecule has 1 aromatic carbocycles. The molecule has 0 spiro atoms. The number of carbonyl (C=O) groups is 1. The normalized spacial score (nSPS) is 10.1. The summed E-state index contributed by atoms with van der Waals surface area (Å²) >= 11 is 0. The van der Waals surface area contributed by atoms with Crippen molar-refractivity contribution in [3.05, 3.63) is 39.9 Å². The van der Waals surface area contributed by atoms with Crippen LogP contribution in [0.25, 0.3) is 0 Å². The molecule has 0 heterocycles. The van der Waals surface area contributed by atoms with E-state index in [1.807, 2.05) is 6.92 Å². The highest BCUT2D eigenvalue weighted by Crippen LogP contribution is 2.13. The molecule has 0 aromatic heterocycles. The summed E-state index contributed by atoms with van der Waals surface area (Å²) in [5.41, 5.74) is 0.502. The molecule has 0 bridgehead atoms. The van der Waals surface area contributed by atoms with Crippen molar-refractivity contribution < 1.29 is 9.72 Å². The third kappa shape index (κ3) is 3.55. The number of benzene rings is 1. The van der Waals surface area contributed by atoms with Crippen molar-refractivity contribution in [1.82, 2.24) is 4.90 Å². The van der Waals surface area contributed by atoms with Gasteiger partial charge in [0.25, 0.3) is 11.6 Å². The lowest BCUT2D eigenvalue weighted by molar-refractivity contribution is -0.384. The van der Waals surface area contributed by atoms with E-state index in [1.54, 1.807) is 4.90 Å². The van der Waals surface area contributed by atoms with E-state index in [2.05, 4.69) is 6.92 Å². The lowest BCUT2D eigenvalue weighted by Gasteiger charge is -2.20. The van der Waals surface area contributed by atoms with Crippen molar-refractivity contribution in [3.8, 4) is 0 Å². The number of amides is 1. The number of rotatable bonds is 6. The molecular formula is C13H18N2O3. The molecular weight excluding hydrogens is 232 g/mol. The van der Waals surface area contributed by atoms with Crippen LogP contribution in [-0.2, 0) is 0 Å². The Kier molecular flexibility index (Phi) is 5.30. The summed E-state index contributed by atoms with van der Waals surface area (Å²) in [4.78, 5) is 23.9. The Bertz CT molecular complexity index is 415.